The molecule has 0 radical (unpaired) electrons. The lowest BCUT2D eigenvalue weighted by Gasteiger charge is -2.34. The molecule has 0 spiro atoms. The lowest BCUT2D eigenvalue weighted by Crippen LogP contribution is -2.49. The lowest BCUT2D eigenvalue weighted by atomic mass is 10.0. The van der Waals surface area contributed by atoms with Crippen LogP contribution in [0.15, 0.2) is 54.6 Å². The minimum atomic E-state index is -4.82. The van der Waals surface area contributed by atoms with Crippen molar-refractivity contribution in [2.45, 2.75) is 44.4 Å². The zero-order valence-electron chi connectivity index (χ0n) is 30.7. The van der Waals surface area contributed by atoms with Crippen LogP contribution in [0.5, 0.6) is 5.75 Å². The summed E-state index contributed by atoms with van der Waals surface area (Å²) in [6, 6.07) is 13.8. The predicted molar refractivity (Wildman–Crippen MR) is 213 cm³/mol. The fraction of sp³-hybridized carbons (Fsp3) is 0.368. The van der Waals surface area contributed by atoms with Gasteiger partial charge in [-0.15, -0.1) is 0 Å². The zero-order valence-corrected chi connectivity index (χ0v) is 33.0. The molecule has 57 heavy (non-hydrogen) atoms. The van der Waals surface area contributed by atoms with Crippen molar-refractivity contribution < 1.29 is 37.1 Å². The zero-order chi connectivity index (χ0) is 41.2. The van der Waals surface area contributed by atoms with E-state index in [2.05, 4.69) is 20.9 Å². The number of ether oxygens (including phenoxy) is 1. The predicted octanol–water partition coefficient (Wildman–Crippen LogP) is 5.65. The Hall–Kier alpha value is -4.99. The van der Waals surface area contributed by atoms with Crippen LogP contribution in [0.4, 0.5) is 35.9 Å². The van der Waals surface area contributed by atoms with Gasteiger partial charge in [0.1, 0.15) is 23.9 Å². The maximum absolute atomic E-state index is 13.7. The molecule has 0 aromatic heterocycles. The molecule has 4 amide bonds. The summed E-state index contributed by atoms with van der Waals surface area (Å²) in [5, 5.41) is 18.0. The van der Waals surface area contributed by atoms with E-state index in [-0.39, 0.29) is 40.6 Å². The number of amides is 4. The van der Waals surface area contributed by atoms with E-state index in [0.717, 1.165) is 17.0 Å². The highest BCUT2D eigenvalue weighted by Crippen LogP contribution is 2.41. The van der Waals surface area contributed by atoms with E-state index in [1.54, 1.807) is 50.2 Å². The van der Waals surface area contributed by atoms with Crippen molar-refractivity contribution in [1.82, 2.24) is 15.1 Å². The van der Waals surface area contributed by atoms with Crippen LogP contribution >= 0.6 is 35.4 Å². The molecule has 0 aliphatic carbocycles. The third kappa shape index (κ3) is 9.43. The van der Waals surface area contributed by atoms with E-state index < -0.39 is 40.7 Å². The minimum Gasteiger partial charge on any atom is -0.491 e. The molecule has 300 valence electrons. The molecule has 1 atom stereocenters. The first-order chi connectivity index (χ1) is 26.9. The maximum Gasteiger partial charge on any atom is 0.417 e. The van der Waals surface area contributed by atoms with Crippen LogP contribution < -0.4 is 30.5 Å². The number of nitrogens with zero attached hydrogens (tertiary/aromatic N) is 5. The highest BCUT2D eigenvalue weighted by molar-refractivity contribution is 7.81. The number of rotatable bonds is 11. The number of piperidine rings is 1. The third-order valence-electron chi connectivity index (χ3n) is 9.79. The first-order valence-corrected chi connectivity index (χ1v) is 19.0. The molecule has 0 saturated carbocycles. The normalized spacial score (nSPS) is 19.0. The second-order valence-corrected chi connectivity index (χ2v) is 15.4. The van der Waals surface area contributed by atoms with Gasteiger partial charge in [0.2, 0.25) is 17.7 Å². The molecule has 3 fully saturated rings. The van der Waals surface area contributed by atoms with Gasteiger partial charge in [-0.25, -0.2) is 0 Å². The van der Waals surface area contributed by atoms with Crippen molar-refractivity contribution in [2.75, 3.05) is 66.3 Å². The van der Waals surface area contributed by atoms with Crippen molar-refractivity contribution in [3.05, 3.63) is 75.8 Å². The second-order valence-electron chi connectivity index (χ2n) is 14.2. The third-order valence-corrected chi connectivity index (χ3v) is 10.7. The van der Waals surface area contributed by atoms with Gasteiger partial charge in [-0.1, -0.05) is 23.2 Å². The number of imide groups is 1. The number of carbonyl (C=O) groups excluding carboxylic acids is 4. The Balaban J connectivity index is 0.983. The number of carbonyl (C=O) groups is 4. The molecule has 3 N–H and O–H groups in total. The van der Waals surface area contributed by atoms with Crippen LogP contribution in [0.1, 0.15) is 37.8 Å². The summed E-state index contributed by atoms with van der Waals surface area (Å²) in [4.78, 5) is 56.8. The molecule has 0 bridgehead atoms. The Morgan fingerprint density at radius 3 is 2.35 bits per heavy atom. The van der Waals surface area contributed by atoms with Crippen LogP contribution in [-0.2, 0) is 25.4 Å². The SMILES string of the molecule is CC1(C)C(=O)N(c2ccc(C#N)c(C(F)(F)F)c2)C(=S)N1c1ccc(OCCN2CCN(CC(=O)Nc3cc(Cl)cc(NC4CCC(=O)NC4=O)c3)CC2)c(Cl)c1. The number of alkyl halides is 3. The van der Waals surface area contributed by atoms with E-state index in [0.29, 0.717) is 73.6 Å². The lowest BCUT2D eigenvalue weighted by molar-refractivity contribution is -0.138. The summed E-state index contributed by atoms with van der Waals surface area (Å²) in [5.74, 6) is -1.12. The maximum atomic E-state index is 13.7. The minimum absolute atomic E-state index is 0.0536. The number of hydrogen-bond acceptors (Lipinski definition) is 10. The van der Waals surface area contributed by atoms with Crippen molar-refractivity contribution in [1.29, 1.82) is 5.26 Å². The molecule has 3 aromatic carbocycles. The number of anilines is 4. The van der Waals surface area contributed by atoms with E-state index >= 15 is 0 Å². The number of hydrogen-bond donors (Lipinski definition) is 3. The molecule has 1 unspecified atom stereocenters. The van der Waals surface area contributed by atoms with Gasteiger partial charge in [-0.2, -0.15) is 18.4 Å². The number of piperazine rings is 1. The second kappa shape index (κ2) is 16.9. The Morgan fingerprint density at radius 1 is 1.00 bits per heavy atom. The van der Waals surface area contributed by atoms with E-state index in [4.69, 9.17) is 40.2 Å². The molecule has 3 heterocycles. The molecule has 3 aliphatic rings. The largest absolute Gasteiger partial charge is 0.491 e. The van der Waals surface area contributed by atoms with Crippen LogP contribution in [0.25, 0.3) is 0 Å². The summed E-state index contributed by atoms with van der Waals surface area (Å²) in [6.45, 7) is 6.92. The Labute approximate surface area is 341 Å². The summed E-state index contributed by atoms with van der Waals surface area (Å²) in [6.07, 6.45) is -4.24. The van der Waals surface area contributed by atoms with Gasteiger partial charge >= 0.3 is 6.18 Å². The van der Waals surface area contributed by atoms with Crippen LogP contribution in [-0.4, -0.2) is 96.0 Å². The van der Waals surface area contributed by atoms with Gasteiger partial charge in [0.05, 0.1) is 34.5 Å². The number of nitrogens with one attached hydrogen (secondary N) is 3. The van der Waals surface area contributed by atoms with Gasteiger partial charge in [-0.05, 0) is 87.1 Å². The average molecular weight is 846 g/mol. The Bertz CT molecular complexity index is 2160. The average Bonchev–Trinajstić information content (AvgIpc) is 3.31. The highest BCUT2D eigenvalue weighted by Gasteiger charge is 2.51. The van der Waals surface area contributed by atoms with Crippen molar-refractivity contribution >= 4 is 86.9 Å². The number of nitriles is 1. The van der Waals surface area contributed by atoms with Gasteiger partial charge < -0.3 is 20.3 Å². The molecule has 19 heteroatoms. The topological polar surface area (TPSA) is 150 Å². The monoisotopic (exact) mass is 844 g/mol. The quantitative estimate of drug-likeness (QED) is 0.162. The van der Waals surface area contributed by atoms with E-state index in [1.165, 1.54) is 17.0 Å². The van der Waals surface area contributed by atoms with Crippen molar-refractivity contribution in [3.63, 3.8) is 0 Å². The molecule has 3 aromatic rings. The van der Waals surface area contributed by atoms with Crippen molar-refractivity contribution in [3.8, 4) is 11.8 Å². The molecule has 6 rings (SSSR count). The fourth-order valence-electron chi connectivity index (χ4n) is 6.84. The Morgan fingerprint density at radius 2 is 1.68 bits per heavy atom. The first-order valence-electron chi connectivity index (χ1n) is 17.8. The standard InChI is InChI=1S/C38H37Cl2F3N8O5S/c1-37(2)35(55)50(26-4-3-22(20-44)28(18-26)38(41,42)43)36(57)51(37)27-5-7-31(29(40)19-27)56-14-13-48-9-11-49(12-10-48)21-33(53)46-25-16-23(39)15-24(17-25)45-30-6-8-32(52)47-34(30)54/h3-5,7,15-19,30,45H,6,8-14,21H2,1-2H3,(H,46,53)(H,47,52,54). The summed E-state index contributed by atoms with van der Waals surface area (Å²) < 4.78 is 47.1. The van der Waals surface area contributed by atoms with Crippen LogP contribution in [0.3, 0.4) is 0 Å². The number of thiocarbonyl (C=S) groups is 1. The number of benzene rings is 3. The molecule has 3 saturated heterocycles. The van der Waals surface area contributed by atoms with Crippen LogP contribution in [0, 0.1) is 11.3 Å². The first kappa shape index (κ1) is 41.6. The molecular formula is C38H37Cl2F3N8O5S. The summed E-state index contributed by atoms with van der Waals surface area (Å²) in [5.41, 5.74) is -1.69. The van der Waals surface area contributed by atoms with Gasteiger partial charge in [0, 0.05) is 61.2 Å². The van der Waals surface area contributed by atoms with Crippen LogP contribution in [0.2, 0.25) is 10.0 Å². The van der Waals surface area contributed by atoms with Crippen molar-refractivity contribution in [2.24, 2.45) is 0 Å². The number of halogens is 5. The summed E-state index contributed by atoms with van der Waals surface area (Å²) in [7, 11) is 0. The van der Waals surface area contributed by atoms with E-state index in [1.807, 2.05) is 4.90 Å². The molecule has 3 aliphatic heterocycles. The fourth-order valence-corrected chi connectivity index (χ4v) is 7.83. The van der Waals surface area contributed by atoms with Gasteiger partial charge in [0.15, 0.2) is 5.11 Å². The Kier molecular flexibility index (Phi) is 12.3. The smallest absolute Gasteiger partial charge is 0.417 e. The van der Waals surface area contributed by atoms with E-state index in [9.17, 15) is 37.6 Å². The molecule has 13 nitrogen and oxygen atoms in total. The van der Waals surface area contributed by atoms with Gasteiger partial charge in [0.25, 0.3) is 5.91 Å². The molecular weight excluding hydrogens is 808 g/mol. The summed E-state index contributed by atoms with van der Waals surface area (Å²) >= 11 is 18.5. The highest BCUT2D eigenvalue weighted by atomic mass is 35.5. The van der Waals surface area contributed by atoms with Gasteiger partial charge in [-0.3, -0.25) is 39.2 Å².